The summed E-state index contributed by atoms with van der Waals surface area (Å²) in [6.07, 6.45) is 1.11. The van der Waals surface area contributed by atoms with Crippen molar-refractivity contribution in [2.75, 3.05) is 33.4 Å². The van der Waals surface area contributed by atoms with E-state index < -0.39 is 0 Å². The van der Waals surface area contributed by atoms with Crippen molar-refractivity contribution in [2.45, 2.75) is 19.5 Å². The Morgan fingerprint density at radius 3 is 3.00 bits per heavy atom. The highest BCUT2D eigenvalue weighted by Crippen LogP contribution is 2.20. The number of ether oxygens (including phenoxy) is 2. The number of nitrogens with zero attached hydrogens (tertiary/aromatic N) is 1. The van der Waals surface area contributed by atoms with Gasteiger partial charge in [-0.1, -0.05) is 12.1 Å². The van der Waals surface area contributed by atoms with E-state index in [0.29, 0.717) is 6.54 Å². The predicted molar refractivity (Wildman–Crippen MR) is 71.6 cm³/mol. The molecule has 1 aromatic carbocycles. The quantitative estimate of drug-likeness (QED) is 0.877. The summed E-state index contributed by atoms with van der Waals surface area (Å²) in [7, 11) is 1.69. The molecule has 1 aromatic rings. The summed E-state index contributed by atoms with van der Waals surface area (Å²) < 4.78 is 10.8. The Bertz CT molecular complexity index is 374. The van der Waals surface area contributed by atoms with Crippen LogP contribution in [0.25, 0.3) is 0 Å². The average molecular weight is 250 g/mol. The van der Waals surface area contributed by atoms with Crippen LogP contribution < -0.4 is 10.5 Å². The van der Waals surface area contributed by atoms with E-state index in [2.05, 4.69) is 23.1 Å². The molecule has 18 heavy (non-hydrogen) atoms. The van der Waals surface area contributed by atoms with Gasteiger partial charge in [0.05, 0.1) is 13.7 Å². The lowest BCUT2D eigenvalue weighted by molar-refractivity contribution is 0.140. The summed E-state index contributed by atoms with van der Waals surface area (Å²) in [4.78, 5) is 2.42. The number of nitrogens with two attached hydrogens (primary N) is 1. The molecule has 0 bridgehead atoms. The van der Waals surface area contributed by atoms with Crippen LogP contribution in [0.15, 0.2) is 18.2 Å². The molecule has 0 spiro atoms. The fourth-order valence-corrected chi connectivity index (χ4v) is 2.27. The van der Waals surface area contributed by atoms with Crippen LogP contribution in [-0.2, 0) is 17.8 Å². The summed E-state index contributed by atoms with van der Waals surface area (Å²) in [5.41, 5.74) is 8.00. The van der Waals surface area contributed by atoms with Gasteiger partial charge in [0.25, 0.3) is 0 Å². The van der Waals surface area contributed by atoms with Gasteiger partial charge in [-0.15, -0.1) is 0 Å². The fourth-order valence-electron chi connectivity index (χ4n) is 2.27. The number of methoxy groups -OCH3 is 1. The monoisotopic (exact) mass is 250 g/mol. The summed E-state index contributed by atoms with van der Waals surface area (Å²) in [6, 6.07) is 6.28. The standard InChI is InChI=1S/C14H22N2O2/c1-17-14-9-12(3-4-13(14)10-15)11-16-5-2-7-18-8-6-16/h3-4,9H,2,5-8,10-11,15H2,1H3. The molecule has 2 N–H and O–H groups in total. The maximum Gasteiger partial charge on any atom is 0.123 e. The maximum absolute atomic E-state index is 5.67. The van der Waals surface area contributed by atoms with Gasteiger partial charge in [0.15, 0.2) is 0 Å². The van der Waals surface area contributed by atoms with Crippen LogP contribution in [0, 0.1) is 0 Å². The van der Waals surface area contributed by atoms with Gasteiger partial charge in [-0.3, -0.25) is 4.90 Å². The smallest absolute Gasteiger partial charge is 0.123 e. The second-order valence-corrected chi connectivity index (χ2v) is 4.59. The molecule has 0 atom stereocenters. The van der Waals surface area contributed by atoms with E-state index in [4.69, 9.17) is 15.2 Å². The first-order valence-corrected chi connectivity index (χ1v) is 6.49. The highest BCUT2D eigenvalue weighted by molar-refractivity contribution is 5.37. The van der Waals surface area contributed by atoms with Crippen LogP contribution in [0.3, 0.4) is 0 Å². The molecule has 100 valence electrons. The molecule has 4 heteroatoms. The number of rotatable bonds is 4. The Balaban J connectivity index is 2.03. The number of hydrogen-bond acceptors (Lipinski definition) is 4. The molecule has 1 heterocycles. The Morgan fingerprint density at radius 1 is 1.33 bits per heavy atom. The summed E-state index contributed by atoms with van der Waals surface area (Å²) in [6.45, 7) is 5.28. The predicted octanol–water partition coefficient (Wildman–Crippen LogP) is 1.38. The van der Waals surface area contributed by atoms with Gasteiger partial charge >= 0.3 is 0 Å². The summed E-state index contributed by atoms with van der Waals surface area (Å²) in [5.74, 6) is 0.890. The zero-order valence-corrected chi connectivity index (χ0v) is 11.0. The van der Waals surface area contributed by atoms with Crippen molar-refractivity contribution in [3.8, 4) is 5.75 Å². The van der Waals surface area contributed by atoms with Crippen LogP contribution in [0.1, 0.15) is 17.5 Å². The van der Waals surface area contributed by atoms with Crippen molar-refractivity contribution in [1.82, 2.24) is 4.90 Å². The Morgan fingerprint density at radius 2 is 2.22 bits per heavy atom. The van der Waals surface area contributed by atoms with E-state index in [9.17, 15) is 0 Å². The third-order valence-corrected chi connectivity index (χ3v) is 3.29. The number of benzene rings is 1. The molecule has 1 aliphatic heterocycles. The minimum atomic E-state index is 0.515. The van der Waals surface area contributed by atoms with Gasteiger partial charge in [-0.25, -0.2) is 0 Å². The van der Waals surface area contributed by atoms with Crippen molar-refractivity contribution in [3.63, 3.8) is 0 Å². The third kappa shape index (κ3) is 3.45. The molecule has 0 amide bonds. The van der Waals surface area contributed by atoms with Gasteiger partial charge in [0.2, 0.25) is 0 Å². The zero-order chi connectivity index (χ0) is 12.8. The molecule has 2 rings (SSSR count). The molecule has 4 nitrogen and oxygen atoms in total. The lowest BCUT2D eigenvalue weighted by Crippen LogP contribution is -2.25. The number of hydrogen-bond donors (Lipinski definition) is 1. The minimum Gasteiger partial charge on any atom is -0.496 e. The first-order chi connectivity index (χ1) is 8.83. The summed E-state index contributed by atoms with van der Waals surface area (Å²) in [5, 5.41) is 0. The van der Waals surface area contributed by atoms with Crippen LogP contribution in [0.2, 0.25) is 0 Å². The van der Waals surface area contributed by atoms with Gasteiger partial charge in [0, 0.05) is 38.3 Å². The van der Waals surface area contributed by atoms with E-state index in [1.165, 1.54) is 5.56 Å². The molecule has 0 unspecified atom stereocenters. The van der Waals surface area contributed by atoms with Gasteiger partial charge in [-0.2, -0.15) is 0 Å². The maximum atomic E-state index is 5.67. The molecular weight excluding hydrogens is 228 g/mol. The second-order valence-electron chi connectivity index (χ2n) is 4.59. The average Bonchev–Trinajstić information content (AvgIpc) is 2.67. The van der Waals surface area contributed by atoms with Crippen LogP contribution >= 0.6 is 0 Å². The van der Waals surface area contributed by atoms with Crippen molar-refractivity contribution < 1.29 is 9.47 Å². The molecule has 0 aromatic heterocycles. The third-order valence-electron chi connectivity index (χ3n) is 3.29. The Kier molecular flexibility index (Phi) is 4.99. The van der Waals surface area contributed by atoms with Crippen LogP contribution in [0.5, 0.6) is 5.75 Å². The molecule has 0 saturated carbocycles. The van der Waals surface area contributed by atoms with Crippen LogP contribution in [0.4, 0.5) is 0 Å². The largest absolute Gasteiger partial charge is 0.496 e. The molecule has 1 aliphatic rings. The molecular formula is C14H22N2O2. The van der Waals surface area contributed by atoms with E-state index in [-0.39, 0.29) is 0 Å². The Hall–Kier alpha value is -1.10. The van der Waals surface area contributed by atoms with E-state index in [1.54, 1.807) is 7.11 Å². The van der Waals surface area contributed by atoms with Gasteiger partial charge in [-0.05, 0) is 18.1 Å². The highest BCUT2D eigenvalue weighted by Gasteiger charge is 2.11. The Labute approximate surface area is 109 Å². The fraction of sp³-hybridized carbons (Fsp3) is 0.571. The molecule has 1 fully saturated rings. The van der Waals surface area contributed by atoms with Crippen molar-refractivity contribution in [1.29, 1.82) is 0 Å². The van der Waals surface area contributed by atoms with Crippen molar-refractivity contribution in [3.05, 3.63) is 29.3 Å². The zero-order valence-electron chi connectivity index (χ0n) is 11.0. The van der Waals surface area contributed by atoms with Crippen molar-refractivity contribution >= 4 is 0 Å². The minimum absolute atomic E-state index is 0.515. The molecule has 0 radical (unpaired) electrons. The van der Waals surface area contributed by atoms with E-state index in [1.807, 2.05) is 0 Å². The van der Waals surface area contributed by atoms with Crippen LogP contribution in [-0.4, -0.2) is 38.3 Å². The first kappa shape index (κ1) is 13.3. The molecule has 1 saturated heterocycles. The molecule has 0 aliphatic carbocycles. The van der Waals surface area contributed by atoms with Crippen molar-refractivity contribution in [2.24, 2.45) is 5.73 Å². The lowest BCUT2D eigenvalue weighted by Gasteiger charge is -2.19. The first-order valence-electron chi connectivity index (χ1n) is 6.49. The highest BCUT2D eigenvalue weighted by atomic mass is 16.5. The van der Waals surface area contributed by atoms with Gasteiger partial charge < -0.3 is 15.2 Å². The summed E-state index contributed by atoms with van der Waals surface area (Å²) >= 11 is 0. The van der Waals surface area contributed by atoms with Gasteiger partial charge in [0.1, 0.15) is 5.75 Å². The lowest BCUT2D eigenvalue weighted by atomic mass is 10.1. The normalized spacial score (nSPS) is 17.4. The van der Waals surface area contributed by atoms with E-state index >= 15 is 0 Å². The second kappa shape index (κ2) is 6.73. The SMILES string of the molecule is COc1cc(CN2CCCOCC2)ccc1CN. The van der Waals surface area contributed by atoms with E-state index in [0.717, 1.165) is 50.6 Å². The topological polar surface area (TPSA) is 47.7 Å².